The van der Waals surface area contributed by atoms with Crippen LogP contribution >= 0.6 is 0 Å². The average molecular weight is 282 g/mol. The maximum absolute atomic E-state index is 12.1. The number of hydrogen-bond donors (Lipinski definition) is 2. The lowest BCUT2D eigenvalue weighted by Crippen LogP contribution is -2.24. The van der Waals surface area contributed by atoms with E-state index in [1.165, 1.54) is 0 Å². The van der Waals surface area contributed by atoms with Crippen molar-refractivity contribution in [1.82, 2.24) is 15.3 Å². The van der Waals surface area contributed by atoms with Gasteiger partial charge in [0.15, 0.2) is 0 Å². The SMILES string of the molecule is C=CCNC(=O)c1ccc(C)nc1NCc1cccnc1. The molecule has 0 bridgehead atoms. The van der Waals surface area contributed by atoms with E-state index in [0.717, 1.165) is 11.3 Å². The van der Waals surface area contributed by atoms with Gasteiger partial charge < -0.3 is 10.6 Å². The molecule has 5 nitrogen and oxygen atoms in total. The molecule has 2 heterocycles. The minimum atomic E-state index is -0.170. The number of anilines is 1. The molecule has 2 aromatic rings. The van der Waals surface area contributed by atoms with Crippen LogP contribution in [0.5, 0.6) is 0 Å². The lowest BCUT2D eigenvalue weighted by Gasteiger charge is -2.11. The first-order valence-corrected chi connectivity index (χ1v) is 6.70. The molecule has 0 radical (unpaired) electrons. The van der Waals surface area contributed by atoms with Crippen molar-refractivity contribution in [3.05, 3.63) is 66.1 Å². The largest absolute Gasteiger partial charge is 0.365 e. The summed E-state index contributed by atoms with van der Waals surface area (Å²) in [5.41, 5.74) is 2.40. The second-order valence-electron chi connectivity index (χ2n) is 4.56. The number of aromatic nitrogens is 2. The van der Waals surface area contributed by atoms with E-state index in [0.29, 0.717) is 24.5 Å². The van der Waals surface area contributed by atoms with Crippen molar-refractivity contribution < 1.29 is 4.79 Å². The van der Waals surface area contributed by atoms with E-state index >= 15 is 0 Å². The number of carbonyl (C=O) groups excluding carboxylic acids is 1. The molecule has 5 heteroatoms. The highest BCUT2D eigenvalue weighted by atomic mass is 16.1. The third kappa shape index (κ3) is 4.14. The molecule has 0 aliphatic rings. The first-order valence-electron chi connectivity index (χ1n) is 6.70. The molecule has 2 N–H and O–H groups in total. The van der Waals surface area contributed by atoms with Crippen molar-refractivity contribution in [3.63, 3.8) is 0 Å². The number of hydrogen-bond acceptors (Lipinski definition) is 4. The molecule has 0 atom stereocenters. The predicted molar refractivity (Wildman–Crippen MR) is 83.1 cm³/mol. The van der Waals surface area contributed by atoms with Crippen molar-refractivity contribution in [1.29, 1.82) is 0 Å². The van der Waals surface area contributed by atoms with Gasteiger partial charge in [-0.3, -0.25) is 9.78 Å². The molecule has 0 aliphatic carbocycles. The normalized spacial score (nSPS) is 9.95. The van der Waals surface area contributed by atoms with Gasteiger partial charge in [-0.15, -0.1) is 6.58 Å². The number of aryl methyl sites for hydroxylation is 1. The quantitative estimate of drug-likeness (QED) is 0.798. The summed E-state index contributed by atoms with van der Waals surface area (Å²) in [5, 5.41) is 5.95. The first-order chi connectivity index (χ1) is 10.2. The van der Waals surface area contributed by atoms with E-state index in [1.54, 1.807) is 24.5 Å². The first kappa shape index (κ1) is 14.7. The molecule has 2 aromatic heterocycles. The van der Waals surface area contributed by atoms with Gasteiger partial charge in [0.1, 0.15) is 5.82 Å². The second kappa shape index (κ2) is 7.19. The maximum Gasteiger partial charge on any atom is 0.255 e. The number of nitrogens with zero attached hydrogens (tertiary/aromatic N) is 2. The van der Waals surface area contributed by atoms with Crippen molar-refractivity contribution >= 4 is 11.7 Å². The molecule has 0 saturated carbocycles. The van der Waals surface area contributed by atoms with Crippen LogP contribution in [0.3, 0.4) is 0 Å². The molecule has 1 amide bonds. The van der Waals surface area contributed by atoms with E-state index in [2.05, 4.69) is 27.2 Å². The third-order valence-corrected chi connectivity index (χ3v) is 2.87. The zero-order valence-electron chi connectivity index (χ0n) is 12.0. The van der Waals surface area contributed by atoms with Crippen molar-refractivity contribution in [2.45, 2.75) is 13.5 Å². The summed E-state index contributed by atoms with van der Waals surface area (Å²) in [7, 11) is 0. The Balaban J connectivity index is 2.15. The van der Waals surface area contributed by atoms with Crippen LogP contribution in [0.15, 0.2) is 49.3 Å². The summed E-state index contributed by atoms with van der Waals surface area (Å²) in [6.45, 7) is 6.46. The molecule has 0 unspecified atom stereocenters. The molecule has 2 rings (SSSR count). The van der Waals surface area contributed by atoms with Gasteiger partial charge in [0, 0.05) is 31.2 Å². The van der Waals surface area contributed by atoms with E-state index in [1.807, 2.05) is 25.1 Å². The Labute approximate surface area is 124 Å². The van der Waals surface area contributed by atoms with E-state index in [-0.39, 0.29) is 5.91 Å². The molecule has 108 valence electrons. The summed E-state index contributed by atoms with van der Waals surface area (Å²) in [5.74, 6) is 0.400. The van der Waals surface area contributed by atoms with Crippen molar-refractivity contribution in [2.24, 2.45) is 0 Å². The Kier molecular flexibility index (Phi) is 5.04. The molecule has 0 aliphatic heterocycles. The number of rotatable bonds is 6. The Hall–Kier alpha value is -2.69. The van der Waals surface area contributed by atoms with Crippen LogP contribution in [-0.4, -0.2) is 22.4 Å². The maximum atomic E-state index is 12.1. The van der Waals surface area contributed by atoms with Crippen molar-refractivity contribution in [3.8, 4) is 0 Å². The van der Waals surface area contributed by atoms with Gasteiger partial charge >= 0.3 is 0 Å². The van der Waals surface area contributed by atoms with Gasteiger partial charge in [0.2, 0.25) is 0 Å². The molecule has 0 fully saturated rings. The van der Waals surface area contributed by atoms with Crippen LogP contribution in [0.2, 0.25) is 0 Å². The van der Waals surface area contributed by atoms with Crippen LogP contribution in [0, 0.1) is 6.92 Å². The van der Waals surface area contributed by atoms with E-state index in [4.69, 9.17) is 0 Å². The summed E-state index contributed by atoms with van der Waals surface area (Å²) >= 11 is 0. The van der Waals surface area contributed by atoms with Crippen LogP contribution in [0.1, 0.15) is 21.6 Å². The lowest BCUT2D eigenvalue weighted by atomic mass is 10.2. The molecular formula is C16H18N4O. The van der Waals surface area contributed by atoms with E-state index in [9.17, 15) is 4.79 Å². The molecular weight excluding hydrogens is 264 g/mol. The molecule has 0 saturated heterocycles. The minimum absolute atomic E-state index is 0.170. The van der Waals surface area contributed by atoms with Gasteiger partial charge in [-0.05, 0) is 30.7 Å². The highest BCUT2D eigenvalue weighted by Gasteiger charge is 2.12. The monoisotopic (exact) mass is 282 g/mol. The van der Waals surface area contributed by atoms with Crippen LogP contribution in [0.4, 0.5) is 5.82 Å². The smallest absolute Gasteiger partial charge is 0.255 e. The summed E-state index contributed by atoms with van der Waals surface area (Å²) < 4.78 is 0. The highest BCUT2D eigenvalue weighted by Crippen LogP contribution is 2.14. The second-order valence-corrected chi connectivity index (χ2v) is 4.56. The van der Waals surface area contributed by atoms with Crippen molar-refractivity contribution in [2.75, 3.05) is 11.9 Å². The van der Waals surface area contributed by atoms with Crippen LogP contribution < -0.4 is 10.6 Å². The topological polar surface area (TPSA) is 66.9 Å². The highest BCUT2D eigenvalue weighted by molar-refractivity contribution is 5.98. The van der Waals surface area contributed by atoms with Gasteiger partial charge in [-0.25, -0.2) is 4.98 Å². The summed E-state index contributed by atoms with van der Waals surface area (Å²) in [6, 6.07) is 7.43. The fraction of sp³-hybridized carbons (Fsp3) is 0.188. The van der Waals surface area contributed by atoms with Crippen LogP contribution in [-0.2, 0) is 6.54 Å². The number of carbonyl (C=O) groups is 1. The number of nitrogens with one attached hydrogen (secondary N) is 2. The minimum Gasteiger partial charge on any atom is -0.365 e. The Morgan fingerprint density at radius 2 is 2.24 bits per heavy atom. The Bertz CT molecular complexity index is 625. The lowest BCUT2D eigenvalue weighted by molar-refractivity contribution is 0.0958. The summed E-state index contributed by atoms with van der Waals surface area (Å²) in [6.07, 6.45) is 5.14. The average Bonchev–Trinajstić information content (AvgIpc) is 2.51. The standard InChI is InChI=1S/C16H18N4O/c1-3-8-18-16(21)14-7-6-12(2)20-15(14)19-11-13-5-4-9-17-10-13/h3-7,9-10H,1,8,11H2,2H3,(H,18,21)(H,19,20). The van der Waals surface area contributed by atoms with Gasteiger partial charge in [0.25, 0.3) is 5.91 Å². The zero-order valence-corrected chi connectivity index (χ0v) is 12.0. The predicted octanol–water partition coefficient (Wildman–Crippen LogP) is 2.31. The molecule has 21 heavy (non-hydrogen) atoms. The number of amides is 1. The van der Waals surface area contributed by atoms with Gasteiger partial charge in [-0.1, -0.05) is 12.1 Å². The molecule has 0 spiro atoms. The Morgan fingerprint density at radius 1 is 1.38 bits per heavy atom. The zero-order chi connectivity index (χ0) is 15.1. The fourth-order valence-corrected chi connectivity index (χ4v) is 1.82. The van der Waals surface area contributed by atoms with Gasteiger partial charge in [-0.2, -0.15) is 0 Å². The fourth-order valence-electron chi connectivity index (χ4n) is 1.82. The Morgan fingerprint density at radius 3 is 2.95 bits per heavy atom. The number of pyridine rings is 2. The van der Waals surface area contributed by atoms with Crippen LogP contribution in [0.25, 0.3) is 0 Å². The summed E-state index contributed by atoms with van der Waals surface area (Å²) in [4.78, 5) is 20.6. The molecule has 0 aromatic carbocycles. The third-order valence-electron chi connectivity index (χ3n) is 2.87. The van der Waals surface area contributed by atoms with E-state index < -0.39 is 0 Å². The van der Waals surface area contributed by atoms with Gasteiger partial charge in [0.05, 0.1) is 5.56 Å².